The van der Waals surface area contributed by atoms with Gasteiger partial charge in [0.25, 0.3) is 0 Å². The van der Waals surface area contributed by atoms with Crippen LogP contribution in [0.2, 0.25) is 0 Å². The monoisotopic (exact) mass is 461 g/mol. The molecule has 0 aliphatic carbocycles. The Kier molecular flexibility index (Phi) is 7.05. The minimum atomic E-state index is -3.84. The number of piperidine rings is 1. The lowest BCUT2D eigenvalue weighted by Crippen LogP contribution is -2.51. The lowest BCUT2D eigenvalue weighted by molar-refractivity contribution is -0.138. The molecule has 1 heterocycles. The van der Waals surface area contributed by atoms with E-state index in [1.807, 2.05) is 6.92 Å². The van der Waals surface area contributed by atoms with Crippen LogP contribution in [0.5, 0.6) is 0 Å². The predicted molar refractivity (Wildman–Crippen MR) is 116 cm³/mol. The molecular weight excluding hydrogens is 437 g/mol. The maximum atomic E-state index is 12.9. The second-order valence-electron chi connectivity index (χ2n) is 7.54. The number of halogens is 1. The first-order valence-electron chi connectivity index (χ1n) is 10.2. The number of anilines is 1. The molecule has 0 aromatic heterocycles. The summed E-state index contributed by atoms with van der Waals surface area (Å²) in [6, 6.07) is 11.2. The Labute approximate surface area is 185 Å². The Morgan fingerprint density at radius 1 is 1.09 bits per heavy atom. The van der Waals surface area contributed by atoms with Crippen LogP contribution >= 0.6 is 0 Å². The van der Waals surface area contributed by atoms with Gasteiger partial charge in [0.1, 0.15) is 5.82 Å². The number of carbonyl (C=O) groups excluding carboxylic acids is 3. The maximum absolute atomic E-state index is 12.9. The van der Waals surface area contributed by atoms with Crippen LogP contribution < -0.4 is 15.4 Å². The fourth-order valence-electron chi connectivity index (χ4n) is 3.66. The molecule has 2 aromatic rings. The van der Waals surface area contributed by atoms with Gasteiger partial charge in [-0.25, -0.2) is 17.5 Å². The second-order valence-corrected chi connectivity index (χ2v) is 9.31. The van der Waals surface area contributed by atoms with Crippen LogP contribution in [0.15, 0.2) is 53.4 Å². The van der Waals surface area contributed by atoms with Gasteiger partial charge in [0.15, 0.2) is 0 Å². The molecule has 3 rings (SSSR count). The predicted octanol–water partition coefficient (Wildman–Crippen LogP) is 2.22. The normalized spacial score (nSPS) is 18.8. The van der Waals surface area contributed by atoms with E-state index in [-0.39, 0.29) is 36.1 Å². The third-order valence-corrected chi connectivity index (χ3v) is 7.04. The highest BCUT2D eigenvalue weighted by Crippen LogP contribution is 2.36. The second kappa shape index (κ2) is 9.58. The largest absolute Gasteiger partial charge is 0.326 e. The van der Waals surface area contributed by atoms with E-state index < -0.39 is 27.2 Å². The molecule has 170 valence electrons. The molecule has 0 spiro atoms. The first kappa shape index (κ1) is 23.6. The molecule has 1 aliphatic heterocycles. The zero-order valence-corrected chi connectivity index (χ0v) is 18.3. The van der Waals surface area contributed by atoms with Crippen LogP contribution in [0.1, 0.15) is 38.2 Å². The number of rotatable bonds is 8. The van der Waals surface area contributed by atoms with E-state index in [9.17, 15) is 27.2 Å². The Balaban J connectivity index is 1.56. The molecule has 1 unspecified atom stereocenters. The minimum Gasteiger partial charge on any atom is -0.326 e. The van der Waals surface area contributed by atoms with Crippen molar-refractivity contribution in [2.75, 3.05) is 11.9 Å². The van der Waals surface area contributed by atoms with Crippen LogP contribution in [0.3, 0.4) is 0 Å². The van der Waals surface area contributed by atoms with Crippen LogP contribution in [0.4, 0.5) is 10.1 Å². The first-order chi connectivity index (χ1) is 15.2. The van der Waals surface area contributed by atoms with Gasteiger partial charge in [-0.3, -0.25) is 19.7 Å². The van der Waals surface area contributed by atoms with E-state index in [1.165, 1.54) is 0 Å². The van der Waals surface area contributed by atoms with Crippen molar-refractivity contribution in [3.63, 3.8) is 0 Å². The molecule has 0 radical (unpaired) electrons. The van der Waals surface area contributed by atoms with Crippen LogP contribution in [-0.4, -0.2) is 32.7 Å². The first-order valence-corrected chi connectivity index (χ1v) is 11.6. The van der Waals surface area contributed by atoms with Crippen molar-refractivity contribution in [2.45, 2.75) is 42.9 Å². The smallest absolute Gasteiger partial charge is 0.240 e. The average Bonchev–Trinajstić information content (AvgIpc) is 2.75. The zero-order valence-electron chi connectivity index (χ0n) is 17.5. The summed E-state index contributed by atoms with van der Waals surface area (Å²) in [7, 11) is -3.84. The van der Waals surface area contributed by atoms with E-state index in [4.69, 9.17) is 0 Å². The van der Waals surface area contributed by atoms with E-state index in [1.54, 1.807) is 24.3 Å². The van der Waals surface area contributed by atoms with Crippen LogP contribution in [0, 0.1) is 5.82 Å². The highest BCUT2D eigenvalue weighted by molar-refractivity contribution is 7.89. The van der Waals surface area contributed by atoms with Crippen LogP contribution in [0.25, 0.3) is 0 Å². The molecule has 8 nitrogen and oxygen atoms in total. The molecule has 32 heavy (non-hydrogen) atoms. The fraction of sp³-hybridized carbons (Fsp3) is 0.318. The number of carbonyl (C=O) groups is 3. The third-order valence-electron chi connectivity index (χ3n) is 5.56. The third kappa shape index (κ3) is 5.20. The Morgan fingerprint density at radius 3 is 2.34 bits per heavy atom. The quantitative estimate of drug-likeness (QED) is 0.521. The number of hydrogen-bond donors (Lipinski definition) is 3. The molecule has 1 saturated heterocycles. The summed E-state index contributed by atoms with van der Waals surface area (Å²) in [6.45, 7) is 1.76. The number of sulfonamides is 1. The molecule has 1 fully saturated rings. The summed E-state index contributed by atoms with van der Waals surface area (Å²) in [5, 5.41) is 5.07. The summed E-state index contributed by atoms with van der Waals surface area (Å²) < 4.78 is 39.6. The molecule has 0 bridgehead atoms. The average molecular weight is 462 g/mol. The molecule has 3 N–H and O–H groups in total. The Morgan fingerprint density at radius 2 is 1.75 bits per heavy atom. The standard InChI is InChI=1S/C22H24FN3O5S/c1-2-22(13-11-19(27)26-21(22)29)15-3-7-17(8-4-15)25-20(28)12-14-24-32(30,31)18-9-5-16(23)6-10-18/h3-10,24H,2,11-14H2,1H3,(H,25,28)(H,26,27,29). The van der Waals surface area contributed by atoms with E-state index >= 15 is 0 Å². The molecule has 1 atom stereocenters. The summed E-state index contributed by atoms with van der Waals surface area (Å²) in [4.78, 5) is 36.0. The van der Waals surface area contributed by atoms with Crippen molar-refractivity contribution in [3.8, 4) is 0 Å². The SMILES string of the molecule is CCC1(c2ccc(NC(=O)CCNS(=O)(=O)c3ccc(F)cc3)cc2)CCC(=O)NC1=O. The zero-order chi connectivity index (χ0) is 23.4. The van der Waals surface area contributed by atoms with Gasteiger partial charge in [-0.1, -0.05) is 19.1 Å². The number of imide groups is 1. The van der Waals surface area contributed by atoms with Gasteiger partial charge in [0, 0.05) is 25.1 Å². The lowest BCUT2D eigenvalue weighted by atomic mass is 9.72. The number of amides is 3. The molecule has 1 aliphatic rings. The Bertz CT molecular complexity index is 1120. The topological polar surface area (TPSA) is 121 Å². The van der Waals surface area contributed by atoms with Crippen molar-refractivity contribution < 1.29 is 27.2 Å². The number of hydrogen-bond acceptors (Lipinski definition) is 5. The molecule has 10 heteroatoms. The van der Waals surface area contributed by atoms with Crippen molar-refractivity contribution in [2.24, 2.45) is 0 Å². The lowest BCUT2D eigenvalue weighted by Gasteiger charge is -2.35. The highest BCUT2D eigenvalue weighted by atomic mass is 32.2. The number of benzene rings is 2. The summed E-state index contributed by atoms with van der Waals surface area (Å²) in [5.74, 6) is -1.54. The molecule has 3 amide bonds. The van der Waals surface area contributed by atoms with Gasteiger partial charge in [0.2, 0.25) is 27.7 Å². The van der Waals surface area contributed by atoms with Crippen molar-refractivity contribution >= 4 is 33.4 Å². The summed E-state index contributed by atoms with van der Waals surface area (Å²) in [6.07, 6.45) is 1.12. The van der Waals surface area contributed by atoms with Gasteiger partial charge in [-0.15, -0.1) is 0 Å². The summed E-state index contributed by atoms with van der Waals surface area (Å²) >= 11 is 0. The molecule has 2 aromatic carbocycles. The van der Waals surface area contributed by atoms with Crippen molar-refractivity contribution in [3.05, 3.63) is 59.9 Å². The Hall–Kier alpha value is -3.11. The van der Waals surface area contributed by atoms with Gasteiger partial charge in [0.05, 0.1) is 10.3 Å². The molecular formula is C22H24FN3O5S. The highest BCUT2D eigenvalue weighted by Gasteiger charge is 2.42. The van der Waals surface area contributed by atoms with Gasteiger partial charge in [-0.05, 0) is 54.8 Å². The van der Waals surface area contributed by atoms with Gasteiger partial charge < -0.3 is 5.32 Å². The summed E-state index contributed by atoms with van der Waals surface area (Å²) in [5.41, 5.74) is 0.475. The van der Waals surface area contributed by atoms with Gasteiger partial charge in [-0.2, -0.15) is 0 Å². The molecule has 0 saturated carbocycles. The van der Waals surface area contributed by atoms with E-state index in [0.29, 0.717) is 18.5 Å². The number of nitrogens with one attached hydrogen (secondary N) is 3. The van der Waals surface area contributed by atoms with Gasteiger partial charge >= 0.3 is 0 Å². The van der Waals surface area contributed by atoms with Crippen molar-refractivity contribution in [1.29, 1.82) is 0 Å². The van der Waals surface area contributed by atoms with Crippen molar-refractivity contribution in [1.82, 2.24) is 10.0 Å². The fourth-order valence-corrected chi connectivity index (χ4v) is 4.69. The van der Waals surface area contributed by atoms with Crippen LogP contribution in [-0.2, 0) is 29.8 Å². The van der Waals surface area contributed by atoms with E-state index in [0.717, 1.165) is 29.8 Å². The maximum Gasteiger partial charge on any atom is 0.240 e. The minimum absolute atomic E-state index is 0.0896. The van der Waals surface area contributed by atoms with E-state index in [2.05, 4.69) is 15.4 Å².